The summed E-state index contributed by atoms with van der Waals surface area (Å²) in [5.74, 6) is -0.425. The number of pyridine rings is 1. The molecule has 0 bridgehead atoms. The van der Waals surface area contributed by atoms with Gasteiger partial charge in [0.15, 0.2) is 0 Å². The maximum absolute atomic E-state index is 12.3. The number of aromatic nitrogens is 2. The summed E-state index contributed by atoms with van der Waals surface area (Å²) in [6.07, 6.45) is 1.56. The van der Waals surface area contributed by atoms with E-state index in [-0.39, 0.29) is 22.3 Å². The SMILES string of the molecule is CC(=O)Nc1cc2c(=O)n3ccccc3nc2oc1=O. The number of anilines is 1. The predicted molar refractivity (Wildman–Crippen MR) is 71.8 cm³/mol. The molecule has 100 valence electrons. The minimum absolute atomic E-state index is 0.0553. The van der Waals surface area contributed by atoms with E-state index >= 15 is 0 Å². The van der Waals surface area contributed by atoms with Gasteiger partial charge in [-0.2, -0.15) is 4.98 Å². The zero-order valence-corrected chi connectivity index (χ0v) is 10.4. The Bertz CT molecular complexity index is 955. The highest BCUT2D eigenvalue weighted by atomic mass is 16.4. The number of hydrogen-bond acceptors (Lipinski definition) is 5. The van der Waals surface area contributed by atoms with Crippen LogP contribution in [0, 0.1) is 0 Å². The van der Waals surface area contributed by atoms with Gasteiger partial charge >= 0.3 is 5.63 Å². The molecule has 7 heteroatoms. The van der Waals surface area contributed by atoms with Crippen LogP contribution in [0.25, 0.3) is 16.7 Å². The third-order valence-corrected chi connectivity index (χ3v) is 2.74. The van der Waals surface area contributed by atoms with Crippen molar-refractivity contribution in [2.45, 2.75) is 6.92 Å². The van der Waals surface area contributed by atoms with Crippen molar-refractivity contribution in [1.29, 1.82) is 0 Å². The molecule has 0 saturated heterocycles. The van der Waals surface area contributed by atoms with Gasteiger partial charge in [-0.25, -0.2) is 4.79 Å². The monoisotopic (exact) mass is 271 g/mol. The number of hydrogen-bond donors (Lipinski definition) is 1. The average molecular weight is 271 g/mol. The first kappa shape index (κ1) is 12.1. The second-order valence-corrected chi connectivity index (χ2v) is 4.19. The van der Waals surface area contributed by atoms with Crippen molar-refractivity contribution in [3.63, 3.8) is 0 Å². The number of amides is 1. The fraction of sp³-hybridized carbons (Fsp3) is 0.0769. The molecule has 20 heavy (non-hydrogen) atoms. The van der Waals surface area contributed by atoms with Crippen molar-refractivity contribution in [3.05, 3.63) is 51.2 Å². The van der Waals surface area contributed by atoms with E-state index in [4.69, 9.17) is 4.42 Å². The summed E-state index contributed by atoms with van der Waals surface area (Å²) in [6, 6.07) is 6.31. The fourth-order valence-electron chi connectivity index (χ4n) is 1.91. The van der Waals surface area contributed by atoms with Crippen molar-refractivity contribution in [1.82, 2.24) is 9.38 Å². The second kappa shape index (κ2) is 4.30. The first-order valence-corrected chi connectivity index (χ1v) is 5.79. The van der Waals surface area contributed by atoms with E-state index in [0.717, 1.165) is 0 Å². The molecule has 0 spiro atoms. The Morgan fingerprint density at radius 1 is 1.35 bits per heavy atom. The quantitative estimate of drug-likeness (QED) is 0.659. The van der Waals surface area contributed by atoms with Crippen molar-refractivity contribution >= 4 is 28.3 Å². The Kier molecular flexibility index (Phi) is 2.60. The highest BCUT2D eigenvalue weighted by Crippen LogP contribution is 2.11. The van der Waals surface area contributed by atoms with E-state index < -0.39 is 11.5 Å². The Hall–Kier alpha value is -2.96. The molecule has 0 radical (unpaired) electrons. The minimum atomic E-state index is -0.750. The van der Waals surface area contributed by atoms with E-state index in [9.17, 15) is 14.4 Å². The maximum atomic E-state index is 12.3. The van der Waals surface area contributed by atoms with Crippen LogP contribution in [-0.2, 0) is 4.79 Å². The van der Waals surface area contributed by atoms with Gasteiger partial charge in [-0.3, -0.25) is 14.0 Å². The fourth-order valence-corrected chi connectivity index (χ4v) is 1.91. The summed E-state index contributed by atoms with van der Waals surface area (Å²) in [4.78, 5) is 39.1. The average Bonchev–Trinajstić information content (AvgIpc) is 2.40. The molecule has 7 nitrogen and oxygen atoms in total. The lowest BCUT2D eigenvalue weighted by atomic mass is 10.3. The first-order chi connectivity index (χ1) is 9.56. The number of nitrogens with one attached hydrogen (secondary N) is 1. The van der Waals surface area contributed by atoms with Crippen LogP contribution in [-0.4, -0.2) is 15.3 Å². The Morgan fingerprint density at radius 3 is 2.90 bits per heavy atom. The highest BCUT2D eigenvalue weighted by Gasteiger charge is 2.12. The molecule has 0 aliphatic heterocycles. The second-order valence-electron chi connectivity index (χ2n) is 4.19. The summed E-state index contributed by atoms with van der Waals surface area (Å²) in [5.41, 5.74) is -0.888. The van der Waals surface area contributed by atoms with Gasteiger partial charge in [0.25, 0.3) is 5.56 Å². The van der Waals surface area contributed by atoms with Crippen LogP contribution in [0.1, 0.15) is 6.92 Å². The topological polar surface area (TPSA) is 93.7 Å². The largest absolute Gasteiger partial charge is 0.402 e. The minimum Gasteiger partial charge on any atom is -0.402 e. The zero-order chi connectivity index (χ0) is 14.3. The van der Waals surface area contributed by atoms with Gasteiger partial charge in [0, 0.05) is 13.1 Å². The number of carbonyl (C=O) groups is 1. The van der Waals surface area contributed by atoms with Gasteiger partial charge in [-0.05, 0) is 18.2 Å². The van der Waals surface area contributed by atoms with Gasteiger partial charge < -0.3 is 9.73 Å². The lowest BCUT2D eigenvalue weighted by Gasteiger charge is -2.04. The molecular formula is C13H9N3O4. The molecule has 1 amide bonds. The number of rotatable bonds is 1. The molecule has 0 aliphatic carbocycles. The van der Waals surface area contributed by atoms with Crippen LogP contribution in [0.4, 0.5) is 5.69 Å². The van der Waals surface area contributed by atoms with Crippen LogP contribution >= 0.6 is 0 Å². The van der Waals surface area contributed by atoms with Gasteiger partial charge in [-0.1, -0.05) is 6.07 Å². The summed E-state index contributed by atoms with van der Waals surface area (Å²) >= 11 is 0. The van der Waals surface area contributed by atoms with Crippen LogP contribution in [0.3, 0.4) is 0 Å². The molecule has 3 aromatic rings. The number of nitrogens with zero attached hydrogens (tertiary/aromatic N) is 2. The van der Waals surface area contributed by atoms with Crippen LogP contribution < -0.4 is 16.5 Å². The molecule has 1 N–H and O–H groups in total. The van der Waals surface area contributed by atoms with E-state index in [1.807, 2.05) is 0 Å². The molecule has 0 unspecified atom stereocenters. The maximum Gasteiger partial charge on any atom is 0.361 e. The van der Waals surface area contributed by atoms with Gasteiger partial charge in [-0.15, -0.1) is 0 Å². The molecule has 3 aromatic heterocycles. The Morgan fingerprint density at radius 2 is 2.15 bits per heavy atom. The van der Waals surface area contributed by atoms with Crippen LogP contribution in [0.2, 0.25) is 0 Å². The summed E-state index contributed by atoms with van der Waals surface area (Å²) in [7, 11) is 0. The third kappa shape index (κ3) is 1.85. The lowest BCUT2D eigenvalue weighted by Crippen LogP contribution is -2.19. The predicted octanol–water partition coefficient (Wildman–Crippen LogP) is 0.759. The summed E-state index contributed by atoms with van der Waals surface area (Å²) in [6.45, 7) is 1.26. The molecule has 0 atom stereocenters. The van der Waals surface area contributed by atoms with Gasteiger partial charge in [0.1, 0.15) is 16.7 Å². The van der Waals surface area contributed by atoms with Crippen molar-refractivity contribution in [2.24, 2.45) is 0 Å². The van der Waals surface area contributed by atoms with Crippen molar-refractivity contribution < 1.29 is 9.21 Å². The molecule has 3 heterocycles. The molecule has 0 fully saturated rings. The standard InChI is InChI=1S/C13H9N3O4/c1-7(17)14-9-6-8-11(20-13(9)19)15-10-4-2-3-5-16(10)12(8)18/h2-6H,1H3,(H,14,17). The smallest absolute Gasteiger partial charge is 0.361 e. The lowest BCUT2D eigenvalue weighted by molar-refractivity contribution is -0.114. The van der Waals surface area contributed by atoms with E-state index in [0.29, 0.717) is 5.65 Å². The van der Waals surface area contributed by atoms with Crippen molar-refractivity contribution in [2.75, 3.05) is 5.32 Å². The summed E-state index contributed by atoms with van der Waals surface area (Å²) < 4.78 is 6.32. The van der Waals surface area contributed by atoms with E-state index in [2.05, 4.69) is 10.3 Å². The van der Waals surface area contributed by atoms with Crippen LogP contribution in [0.5, 0.6) is 0 Å². The summed E-state index contributed by atoms with van der Waals surface area (Å²) in [5, 5.41) is 2.44. The number of carbonyl (C=O) groups excluding carboxylic acids is 1. The molecule has 0 aromatic carbocycles. The van der Waals surface area contributed by atoms with Gasteiger partial charge in [0.05, 0.1) is 0 Å². The van der Waals surface area contributed by atoms with Crippen LogP contribution in [0.15, 0.2) is 44.5 Å². The normalized spacial score (nSPS) is 10.8. The zero-order valence-electron chi connectivity index (χ0n) is 10.4. The first-order valence-electron chi connectivity index (χ1n) is 5.79. The molecule has 0 aliphatic rings. The molecule has 0 saturated carbocycles. The number of fused-ring (bicyclic) bond motifs is 2. The molecule has 3 rings (SSSR count). The third-order valence-electron chi connectivity index (χ3n) is 2.74. The molecular weight excluding hydrogens is 262 g/mol. The van der Waals surface area contributed by atoms with Crippen molar-refractivity contribution in [3.8, 4) is 0 Å². The Labute approximate surface area is 111 Å². The van der Waals surface area contributed by atoms with E-state index in [1.54, 1.807) is 24.4 Å². The highest BCUT2D eigenvalue weighted by molar-refractivity contribution is 5.90. The van der Waals surface area contributed by atoms with E-state index in [1.165, 1.54) is 17.4 Å². The Balaban J connectivity index is 2.41. The van der Waals surface area contributed by atoms with Gasteiger partial charge in [0.2, 0.25) is 11.6 Å².